The standard InChI is InChI=1S/C9H9N.2ClH/c1-7-6-10-9-5-3-2-4-8(7)9;;/h2-6,10H,1H3;2*1H. The molecule has 0 bridgehead atoms. The van der Waals surface area contributed by atoms with E-state index in [0.717, 1.165) is 0 Å². The van der Waals surface area contributed by atoms with E-state index in [0.29, 0.717) is 0 Å². The van der Waals surface area contributed by atoms with E-state index < -0.39 is 0 Å². The monoisotopic (exact) mass is 203 g/mol. The summed E-state index contributed by atoms with van der Waals surface area (Å²) in [6.07, 6.45) is 2.03. The first kappa shape index (κ1) is 11.3. The van der Waals surface area contributed by atoms with E-state index in [1.54, 1.807) is 0 Å². The minimum Gasteiger partial charge on any atom is -0.361 e. The van der Waals surface area contributed by atoms with Crippen LogP contribution < -0.4 is 0 Å². The van der Waals surface area contributed by atoms with Crippen LogP contribution in [0.1, 0.15) is 5.56 Å². The van der Waals surface area contributed by atoms with E-state index in [4.69, 9.17) is 0 Å². The maximum absolute atomic E-state index is 3.19. The number of halogens is 2. The Labute approximate surface area is 84.0 Å². The van der Waals surface area contributed by atoms with Gasteiger partial charge >= 0.3 is 0 Å². The lowest BCUT2D eigenvalue weighted by Gasteiger charge is -1.86. The lowest BCUT2D eigenvalue weighted by atomic mass is 10.2. The number of rotatable bonds is 0. The van der Waals surface area contributed by atoms with Crippen molar-refractivity contribution in [2.45, 2.75) is 6.92 Å². The number of aromatic nitrogens is 1. The molecule has 0 saturated heterocycles. The van der Waals surface area contributed by atoms with Crippen LogP contribution in [0.4, 0.5) is 0 Å². The zero-order valence-electron chi connectivity index (χ0n) is 6.70. The van der Waals surface area contributed by atoms with Crippen LogP contribution in [-0.2, 0) is 0 Å². The largest absolute Gasteiger partial charge is 0.361 e. The Kier molecular flexibility index (Phi) is 4.15. The highest BCUT2D eigenvalue weighted by Gasteiger charge is 1.94. The van der Waals surface area contributed by atoms with Crippen molar-refractivity contribution in [2.24, 2.45) is 0 Å². The lowest BCUT2D eigenvalue weighted by Crippen LogP contribution is -1.64. The third kappa shape index (κ3) is 1.74. The van der Waals surface area contributed by atoms with Crippen molar-refractivity contribution in [3.05, 3.63) is 36.0 Å². The fraction of sp³-hybridized carbons (Fsp3) is 0.111. The highest BCUT2D eigenvalue weighted by atomic mass is 35.5. The molecule has 0 aliphatic rings. The second-order valence-corrected chi connectivity index (χ2v) is 2.52. The zero-order valence-corrected chi connectivity index (χ0v) is 8.34. The number of fused-ring (bicyclic) bond motifs is 1. The van der Waals surface area contributed by atoms with Gasteiger partial charge in [0, 0.05) is 17.1 Å². The molecule has 1 nitrogen and oxygen atoms in total. The number of aryl methyl sites for hydroxylation is 1. The van der Waals surface area contributed by atoms with Crippen LogP contribution >= 0.6 is 24.8 Å². The van der Waals surface area contributed by atoms with E-state index in [-0.39, 0.29) is 24.8 Å². The molecule has 0 spiro atoms. The summed E-state index contributed by atoms with van der Waals surface area (Å²) in [5.74, 6) is 0. The van der Waals surface area contributed by atoms with Crippen molar-refractivity contribution in [1.29, 1.82) is 0 Å². The summed E-state index contributed by atoms with van der Waals surface area (Å²) in [6, 6.07) is 8.31. The molecule has 0 aliphatic heterocycles. The van der Waals surface area contributed by atoms with Gasteiger partial charge in [-0.1, -0.05) is 18.2 Å². The van der Waals surface area contributed by atoms with Crippen LogP contribution in [0.25, 0.3) is 10.9 Å². The van der Waals surface area contributed by atoms with E-state index >= 15 is 0 Å². The zero-order chi connectivity index (χ0) is 6.97. The maximum atomic E-state index is 3.19. The van der Waals surface area contributed by atoms with Crippen molar-refractivity contribution in [2.75, 3.05) is 0 Å². The minimum absolute atomic E-state index is 0. The Hall–Kier alpha value is -0.660. The number of para-hydroxylation sites is 1. The molecule has 1 N–H and O–H groups in total. The van der Waals surface area contributed by atoms with Gasteiger partial charge in [0.05, 0.1) is 0 Å². The van der Waals surface area contributed by atoms with Crippen molar-refractivity contribution in [3.63, 3.8) is 0 Å². The Morgan fingerprint density at radius 1 is 1.08 bits per heavy atom. The highest BCUT2D eigenvalue weighted by molar-refractivity contribution is 5.85. The van der Waals surface area contributed by atoms with Gasteiger partial charge in [-0.25, -0.2) is 0 Å². The first-order valence-corrected chi connectivity index (χ1v) is 3.40. The van der Waals surface area contributed by atoms with Gasteiger partial charge in [0.1, 0.15) is 0 Å². The molecule has 2 rings (SSSR count). The third-order valence-electron chi connectivity index (χ3n) is 1.80. The van der Waals surface area contributed by atoms with Crippen LogP contribution in [0.2, 0.25) is 0 Å². The molecule has 0 aliphatic carbocycles. The average molecular weight is 204 g/mol. The lowest BCUT2D eigenvalue weighted by molar-refractivity contribution is 1.43. The Balaban J connectivity index is 0.000000605. The number of nitrogens with one attached hydrogen (secondary N) is 1. The Morgan fingerprint density at radius 2 is 1.75 bits per heavy atom. The van der Waals surface area contributed by atoms with Crippen LogP contribution in [0, 0.1) is 6.92 Å². The topological polar surface area (TPSA) is 15.8 Å². The smallest absolute Gasteiger partial charge is 0.0456 e. The molecule has 0 atom stereocenters. The number of benzene rings is 1. The van der Waals surface area contributed by atoms with Gasteiger partial charge in [0.2, 0.25) is 0 Å². The molecule has 0 fully saturated rings. The fourth-order valence-electron chi connectivity index (χ4n) is 1.22. The Morgan fingerprint density at radius 3 is 2.42 bits per heavy atom. The van der Waals surface area contributed by atoms with Gasteiger partial charge in [-0.05, 0) is 18.6 Å². The maximum Gasteiger partial charge on any atom is 0.0456 e. The summed E-state index contributed by atoms with van der Waals surface area (Å²) in [4.78, 5) is 3.19. The van der Waals surface area contributed by atoms with Gasteiger partial charge in [-0.2, -0.15) is 0 Å². The summed E-state index contributed by atoms with van der Waals surface area (Å²) < 4.78 is 0. The van der Waals surface area contributed by atoms with Gasteiger partial charge in [0.15, 0.2) is 0 Å². The minimum atomic E-state index is 0. The number of H-pyrrole nitrogens is 1. The molecule has 1 aromatic heterocycles. The first-order chi connectivity index (χ1) is 4.88. The second-order valence-electron chi connectivity index (χ2n) is 2.52. The average Bonchev–Trinajstić information content (AvgIpc) is 2.34. The predicted molar refractivity (Wildman–Crippen MR) is 57.5 cm³/mol. The van der Waals surface area contributed by atoms with Crippen molar-refractivity contribution in [1.82, 2.24) is 4.98 Å². The molecule has 0 amide bonds. The van der Waals surface area contributed by atoms with Crippen molar-refractivity contribution < 1.29 is 0 Å². The molecule has 66 valence electrons. The van der Waals surface area contributed by atoms with Crippen LogP contribution in [0.3, 0.4) is 0 Å². The van der Waals surface area contributed by atoms with Crippen molar-refractivity contribution >= 4 is 35.7 Å². The van der Waals surface area contributed by atoms with E-state index in [9.17, 15) is 0 Å². The molecule has 1 aromatic carbocycles. The van der Waals surface area contributed by atoms with Crippen LogP contribution in [-0.4, -0.2) is 4.98 Å². The summed E-state index contributed by atoms with van der Waals surface area (Å²) in [5, 5.41) is 1.32. The summed E-state index contributed by atoms with van der Waals surface area (Å²) in [7, 11) is 0. The van der Waals surface area contributed by atoms with E-state index in [1.807, 2.05) is 12.3 Å². The molecular weight excluding hydrogens is 193 g/mol. The molecule has 0 radical (unpaired) electrons. The molecule has 1 heterocycles. The molecule has 3 heteroatoms. The normalized spacial score (nSPS) is 8.75. The van der Waals surface area contributed by atoms with E-state index in [2.05, 4.69) is 30.1 Å². The summed E-state index contributed by atoms with van der Waals surface area (Å²) >= 11 is 0. The van der Waals surface area contributed by atoms with Gasteiger partial charge in [0.25, 0.3) is 0 Å². The van der Waals surface area contributed by atoms with Crippen LogP contribution in [0.15, 0.2) is 30.5 Å². The van der Waals surface area contributed by atoms with Gasteiger partial charge in [-0.3, -0.25) is 0 Å². The van der Waals surface area contributed by atoms with Gasteiger partial charge in [-0.15, -0.1) is 24.8 Å². The summed E-state index contributed by atoms with van der Waals surface area (Å²) in [6.45, 7) is 2.11. The number of hydrogen-bond donors (Lipinski definition) is 1. The van der Waals surface area contributed by atoms with Gasteiger partial charge < -0.3 is 4.98 Å². The Bertz CT molecular complexity index is 354. The summed E-state index contributed by atoms with van der Waals surface area (Å²) in [5.41, 5.74) is 2.54. The highest BCUT2D eigenvalue weighted by Crippen LogP contribution is 2.15. The third-order valence-corrected chi connectivity index (χ3v) is 1.80. The first-order valence-electron chi connectivity index (χ1n) is 3.40. The number of hydrogen-bond acceptors (Lipinski definition) is 0. The molecule has 12 heavy (non-hydrogen) atoms. The quantitative estimate of drug-likeness (QED) is 0.677. The predicted octanol–water partition coefficient (Wildman–Crippen LogP) is 3.32. The number of aromatic amines is 1. The van der Waals surface area contributed by atoms with E-state index in [1.165, 1.54) is 16.5 Å². The van der Waals surface area contributed by atoms with Crippen LogP contribution in [0.5, 0.6) is 0 Å². The molecule has 0 saturated carbocycles. The van der Waals surface area contributed by atoms with Crippen molar-refractivity contribution in [3.8, 4) is 0 Å². The second kappa shape index (κ2) is 4.39. The molecular formula is C9H11Cl2N. The molecule has 2 aromatic rings. The SMILES string of the molecule is Cc1c[nH]c2ccccc12.Cl.Cl. The molecule has 0 unspecified atom stereocenters. The fourth-order valence-corrected chi connectivity index (χ4v) is 1.22.